The maximum absolute atomic E-state index is 6.54. The highest BCUT2D eigenvalue weighted by atomic mass is 32.1. The highest BCUT2D eigenvalue weighted by molar-refractivity contribution is 7.21. The average molecular weight is 775 g/mol. The molecule has 59 heavy (non-hydrogen) atoms. The Morgan fingerprint density at radius 3 is 1.90 bits per heavy atom. The molecule has 0 atom stereocenters. The Balaban J connectivity index is 1.09. The Kier molecular flexibility index (Phi) is 7.38. The van der Waals surface area contributed by atoms with Gasteiger partial charge in [0.1, 0.15) is 16.2 Å². The molecule has 3 heterocycles. The van der Waals surface area contributed by atoms with Crippen LogP contribution in [-0.2, 0) is 5.41 Å². The normalized spacial score (nSPS) is 13.1. The van der Waals surface area contributed by atoms with Crippen molar-refractivity contribution in [2.75, 3.05) is 0 Å². The molecule has 11 aromatic rings. The first-order valence-electron chi connectivity index (χ1n) is 19.9. The lowest BCUT2D eigenvalue weighted by molar-refractivity contribution is 0.661. The summed E-state index contributed by atoms with van der Waals surface area (Å²) in [5, 5.41) is 5.22. The second-order valence-electron chi connectivity index (χ2n) is 15.8. The highest BCUT2D eigenvalue weighted by Gasteiger charge is 2.38. The lowest BCUT2D eigenvalue weighted by Crippen LogP contribution is -2.17. The Hall–Kier alpha value is -7.28. The van der Waals surface area contributed by atoms with Crippen LogP contribution < -0.4 is 0 Å². The molecule has 0 bridgehead atoms. The first-order chi connectivity index (χ1) is 29.0. The molecule has 0 amide bonds. The fraction of sp³-hybridized carbons (Fsp3) is 0.0566. The predicted octanol–water partition coefficient (Wildman–Crippen LogP) is 14.2. The van der Waals surface area contributed by atoms with Gasteiger partial charge in [0.25, 0.3) is 0 Å². The number of furan rings is 1. The fourth-order valence-corrected chi connectivity index (χ4v) is 10.1. The molecular weight excluding hydrogens is 741 g/mol. The lowest BCUT2D eigenvalue weighted by Gasteiger charge is -2.24. The zero-order valence-corrected chi connectivity index (χ0v) is 33.1. The van der Waals surface area contributed by atoms with E-state index < -0.39 is 0 Å². The van der Waals surface area contributed by atoms with E-state index in [1.165, 1.54) is 22.3 Å². The van der Waals surface area contributed by atoms with Crippen LogP contribution in [0.3, 0.4) is 0 Å². The van der Waals surface area contributed by atoms with E-state index in [1.54, 1.807) is 11.3 Å². The number of benzene rings is 8. The summed E-state index contributed by atoms with van der Waals surface area (Å²) in [7, 11) is 0. The number of aromatic nitrogens is 4. The number of fused-ring (bicyclic) bond motifs is 10. The quantitative estimate of drug-likeness (QED) is 0.174. The van der Waals surface area contributed by atoms with E-state index in [0.29, 0.717) is 17.5 Å². The number of hydrogen-bond donors (Lipinski definition) is 0. The van der Waals surface area contributed by atoms with Crippen molar-refractivity contribution in [1.82, 2.24) is 19.9 Å². The summed E-state index contributed by atoms with van der Waals surface area (Å²) < 4.78 is 7.67. The maximum Gasteiger partial charge on any atom is 0.164 e. The minimum atomic E-state index is -0.249. The summed E-state index contributed by atoms with van der Waals surface area (Å²) in [6.45, 7) is 4.61. The summed E-state index contributed by atoms with van der Waals surface area (Å²) in [5.74, 6) is 1.88. The third kappa shape index (κ3) is 5.30. The third-order valence-electron chi connectivity index (χ3n) is 11.9. The second-order valence-corrected chi connectivity index (χ2v) is 16.8. The second kappa shape index (κ2) is 12.9. The molecule has 5 nitrogen and oxygen atoms in total. The summed E-state index contributed by atoms with van der Waals surface area (Å²) in [4.78, 5) is 21.1. The maximum atomic E-state index is 6.54. The molecule has 0 fully saturated rings. The van der Waals surface area contributed by atoms with Crippen molar-refractivity contribution >= 4 is 54.3 Å². The minimum absolute atomic E-state index is 0.249. The molecule has 1 aliphatic rings. The Bertz CT molecular complexity index is 3480. The molecule has 8 aromatic carbocycles. The fourth-order valence-electron chi connectivity index (χ4n) is 9.16. The summed E-state index contributed by atoms with van der Waals surface area (Å²) >= 11 is 1.71. The predicted molar refractivity (Wildman–Crippen MR) is 243 cm³/mol. The number of rotatable bonds is 5. The van der Waals surface area contributed by atoms with E-state index in [0.717, 1.165) is 81.3 Å². The molecule has 6 heteroatoms. The highest BCUT2D eigenvalue weighted by Crippen LogP contribution is 2.52. The van der Waals surface area contributed by atoms with Crippen LogP contribution in [0.2, 0.25) is 0 Å². The van der Waals surface area contributed by atoms with Crippen LogP contribution in [-0.4, -0.2) is 19.9 Å². The third-order valence-corrected chi connectivity index (χ3v) is 13.0. The van der Waals surface area contributed by atoms with Crippen LogP contribution in [0.5, 0.6) is 0 Å². The van der Waals surface area contributed by atoms with Crippen LogP contribution in [0.4, 0.5) is 0 Å². The van der Waals surface area contributed by atoms with Crippen molar-refractivity contribution < 1.29 is 4.42 Å². The number of nitrogens with zero attached hydrogens (tertiary/aromatic N) is 4. The molecule has 0 aliphatic heterocycles. The molecular formula is C53H34N4OS. The molecule has 1 aliphatic carbocycles. The van der Waals surface area contributed by atoms with E-state index in [4.69, 9.17) is 24.4 Å². The molecule has 0 N–H and O–H groups in total. The summed E-state index contributed by atoms with van der Waals surface area (Å²) in [6, 6.07) is 59.5. The summed E-state index contributed by atoms with van der Waals surface area (Å²) in [6.07, 6.45) is 0. The van der Waals surface area contributed by atoms with E-state index in [2.05, 4.69) is 172 Å². The van der Waals surface area contributed by atoms with Crippen molar-refractivity contribution in [3.63, 3.8) is 0 Å². The van der Waals surface area contributed by atoms with Crippen molar-refractivity contribution in [2.45, 2.75) is 19.3 Å². The molecule has 0 saturated carbocycles. The molecule has 0 saturated heterocycles. The molecule has 0 unspecified atom stereocenters. The van der Waals surface area contributed by atoms with E-state index >= 15 is 0 Å². The number of hydrogen-bond acceptors (Lipinski definition) is 6. The van der Waals surface area contributed by atoms with Crippen molar-refractivity contribution in [1.29, 1.82) is 0 Å². The van der Waals surface area contributed by atoms with E-state index in [9.17, 15) is 0 Å². The van der Waals surface area contributed by atoms with Gasteiger partial charge in [0.05, 0.1) is 15.6 Å². The first kappa shape index (κ1) is 33.8. The molecule has 3 aromatic heterocycles. The Morgan fingerprint density at radius 1 is 0.458 bits per heavy atom. The molecule has 12 rings (SSSR count). The van der Waals surface area contributed by atoms with Gasteiger partial charge in [-0.15, -0.1) is 11.3 Å². The zero-order valence-electron chi connectivity index (χ0n) is 32.3. The van der Waals surface area contributed by atoms with Gasteiger partial charge in [0, 0.05) is 33.1 Å². The largest absolute Gasteiger partial charge is 0.456 e. The van der Waals surface area contributed by atoms with Gasteiger partial charge < -0.3 is 4.42 Å². The SMILES string of the molecule is CC1(C)c2ccccc2-c2cccc(-c3nc(-c4cccc(-c5ccccc5)c4)nc(-c4ccc5ccc6oc7ccc8sc(-c9ccccc9)nc8c7c6c5c4)n3)c21. The van der Waals surface area contributed by atoms with Crippen LogP contribution in [0.15, 0.2) is 174 Å². The summed E-state index contributed by atoms with van der Waals surface area (Å²) in [5.41, 5.74) is 13.6. The number of thiazole rings is 1. The van der Waals surface area contributed by atoms with Crippen molar-refractivity contribution in [2.24, 2.45) is 0 Å². The van der Waals surface area contributed by atoms with Gasteiger partial charge in [0.15, 0.2) is 17.5 Å². The molecule has 0 radical (unpaired) electrons. The van der Waals surface area contributed by atoms with Gasteiger partial charge in [-0.05, 0) is 74.5 Å². The minimum Gasteiger partial charge on any atom is -0.456 e. The van der Waals surface area contributed by atoms with Gasteiger partial charge in [-0.25, -0.2) is 19.9 Å². The van der Waals surface area contributed by atoms with Crippen molar-refractivity contribution in [3.05, 3.63) is 181 Å². The zero-order chi connectivity index (χ0) is 39.2. The smallest absolute Gasteiger partial charge is 0.164 e. The van der Waals surface area contributed by atoms with Gasteiger partial charge in [0.2, 0.25) is 0 Å². The topological polar surface area (TPSA) is 64.7 Å². The van der Waals surface area contributed by atoms with E-state index in [-0.39, 0.29) is 5.41 Å². The average Bonchev–Trinajstić information content (AvgIpc) is 3.97. The monoisotopic (exact) mass is 774 g/mol. The van der Waals surface area contributed by atoms with Crippen LogP contribution in [0.1, 0.15) is 25.0 Å². The van der Waals surface area contributed by atoms with Crippen LogP contribution >= 0.6 is 11.3 Å². The standard InChI is InChI=1S/C53H34N4OS/c1-53(2)41-22-10-9-19-37(41)38-20-12-21-39(47(38)53)51-56-49(35-18-11-17-34(29-35)31-13-5-3-6-14-31)55-50(57-51)36-24-23-32-25-26-42-45(40(32)30-36)46-43(58-42)27-28-44-48(46)54-52(59-44)33-15-7-4-8-16-33/h3-30H,1-2H3. The van der Waals surface area contributed by atoms with Gasteiger partial charge >= 0.3 is 0 Å². The van der Waals surface area contributed by atoms with Crippen LogP contribution in [0, 0.1) is 0 Å². The Labute approximate surface area is 344 Å². The Morgan fingerprint density at radius 2 is 1.07 bits per heavy atom. The van der Waals surface area contributed by atoms with Crippen molar-refractivity contribution in [3.8, 4) is 67.0 Å². The molecule has 0 spiro atoms. The van der Waals surface area contributed by atoms with Crippen LogP contribution in [0.25, 0.3) is 110 Å². The van der Waals surface area contributed by atoms with Gasteiger partial charge in [-0.2, -0.15) is 0 Å². The van der Waals surface area contributed by atoms with Gasteiger partial charge in [-0.1, -0.05) is 153 Å². The molecule has 278 valence electrons. The van der Waals surface area contributed by atoms with E-state index in [1.807, 2.05) is 12.1 Å². The first-order valence-corrected chi connectivity index (χ1v) is 20.7. The lowest BCUT2D eigenvalue weighted by atomic mass is 9.80. The van der Waals surface area contributed by atoms with Gasteiger partial charge in [-0.3, -0.25) is 0 Å².